The normalized spacial score (nSPS) is 20.4. The molecule has 1 aliphatic heterocycles. The van der Waals surface area contributed by atoms with E-state index in [1.54, 1.807) is 0 Å². The molecular formula is C15H21N5O. The molecule has 21 heavy (non-hydrogen) atoms. The summed E-state index contributed by atoms with van der Waals surface area (Å²) < 4.78 is 0. The van der Waals surface area contributed by atoms with Crippen molar-refractivity contribution in [2.75, 3.05) is 19.6 Å². The van der Waals surface area contributed by atoms with Crippen LogP contribution in [0.1, 0.15) is 30.9 Å². The first-order valence-electron chi connectivity index (χ1n) is 7.39. The van der Waals surface area contributed by atoms with Crippen molar-refractivity contribution in [1.82, 2.24) is 15.1 Å². The van der Waals surface area contributed by atoms with Gasteiger partial charge < -0.3 is 15.8 Å². The molecule has 0 aliphatic carbocycles. The van der Waals surface area contributed by atoms with Gasteiger partial charge in [0.25, 0.3) is 0 Å². The van der Waals surface area contributed by atoms with E-state index in [1.165, 1.54) is 11.1 Å². The van der Waals surface area contributed by atoms with Crippen LogP contribution >= 0.6 is 0 Å². The number of hydrogen-bond acceptors (Lipinski definition) is 4. The van der Waals surface area contributed by atoms with Crippen LogP contribution in [-0.2, 0) is 0 Å². The van der Waals surface area contributed by atoms with Crippen LogP contribution in [0.5, 0.6) is 0 Å². The number of hydrogen-bond donors (Lipinski definition) is 3. The maximum Gasteiger partial charge on any atom is 0.139 e. The van der Waals surface area contributed by atoms with Gasteiger partial charge in [-0.3, -0.25) is 5.10 Å². The third-order valence-electron chi connectivity index (χ3n) is 4.19. The number of amidine groups is 1. The predicted molar refractivity (Wildman–Crippen MR) is 82.5 cm³/mol. The van der Waals surface area contributed by atoms with Crippen LogP contribution in [0, 0.1) is 0 Å². The van der Waals surface area contributed by atoms with Crippen molar-refractivity contribution >= 4 is 16.7 Å². The molecule has 112 valence electrons. The van der Waals surface area contributed by atoms with Crippen LogP contribution < -0.4 is 5.73 Å². The summed E-state index contributed by atoms with van der Waals surface area (Å²) in [5, 5.41) is 20.4. The zero-order valence-electron chi connectivity index (χ0n) is 12.0. The van der Waals surface area contributed by atoms with Gasteiger partial charge >= 0.3 is 0 Å². The quantitative estimate of drug-likeness (QED) is 0.339. The summed E-state index contributed by atoms with van der Waals surface area (Å²) in [6.07, 6.45) is 2.70. The molecule has 0 spiro atoms. The third-order valence-corrected chi connectivity index (χ3v) is 4.19. The van der Waals surface area contributed by atoms with Crippen molar-refractivity contribution in [2.24, 2.45) is 10.9 Å². The van der Waals surface area contributed by atoms with E-state index in [1.807, 2.05) is 6.07 Å². The number of fused-ring (bicyclic) bond motifs is 1. The molecule has 1 aliphatic rings. The zero-order chi connectivity index (χ0) is 14.7. The minimum atomic E-state index is 0.309. The van der Waals surface area contributed by atoms with E-state index >= 15 is 0 Å². The van der Waals surface area contributed by atoms with Gasteiger partial charge in [-0.25, -0.2) is 0 Å². The van der Waals surface area contributed by atoms with Gasteiger partial charge in [0.1, 0.15) is 5.84 Å². The van der Waals surface area contributed by atoms with E-state index in [0.29, 0.717) is 18.2 Å². The van der Waals surface area contributed by atoms with Crippen LogP contribution in [-0.4, -0.2) is 45.8 Å². The number of oxime groups is 1. The summed E-state index contributed by atoms with van der Waals surface area (Å²) in [6.45, 7) is 3.10. The average molecular weight is 287 g/mol. The molecule has 1 atom stereocenters. The summed E-state index contributed by atoms with van der Waals surface area (Å²) in [5.41, 5.74) is 7.79. The van der Waals surface area contributed by atoms with E-state index < -0.39 is 0 Å². The number of para-hydroxylation sites is 1. The lowest BCUT2D eigenvalue weighted by molar-refractivity contribution is 0.312. The molecule has 6 nitrogen and oxygen atoms in total. The molecule has 0 bridgehead atoms. The fraction of sp³-hybridized carbons (Fsp3) is 0.467. The van der Waals surface area contributed by atoms with E-state index in [4.69, 9.17) is 10.9 Å². The monoisotopic (exact) mass is 287 g/mol. The largest absolute Gasteiger partial charge is 0.409 e. The molecule has 1 aromatic carbocycles. The topological polar surface area (TPSA) is 90.5 Å². The van der Waals surface area contributed by atoms with E-state index in [2.05, 4.69) is 38.5 Å². The Morgan fingerprint density at radius 2 is 2.33 bits per heavy atom. The molecular weight excluding hydrogens is 266 g/mol. The Labute approximate surface area is 123 Å². The SMILES string of the molecule is N/C(CCCN1CCC(c2n[nH]c3ccccc23)C1)=N\O. The first-order valence-corrected chi connectivity index (χ1v) is 7.39. The van der Waals surface area contributed by atoms with Crippen molar-refractivity contribution < 1.29 is 5.21 Å². The fourth-order valence-electron chi connectivity index (χ4n) is 3.09. The molecule has 1 aromatic heterocycles. The van der Waals surface area contributed by atoms with Gasteiger partial charge in [0.05, 0.1) is 11.2 Å². The van der Waals surface area contributed by atoms with Crippen LogP contribution in [0.4, 0.5) is 0 Å². The van der Waals surface area contributed by atoms with Crippen LogP contribution in [0.15, 0.2) is 29.4 Å². The van der Waals surface area contributed by atoms with Gasteiger partial charge in [-0.1, -0.05) is 23.4 Å². The number of nitrogens with zero attached hydrogens (tertiary/aromatic N) is 3. The molecule has 6 heteroatoms. The second-order valence-corrected chi connectivity index (χ2v) is 5.64. The molecule has 2 heterocycles. The molecule has 0 saturated carbocycles. The van der Waals surface area contributed by atoms with Crippen molar-refractivity contribution in [3.63, 3.8) is 0 Å². The highest BCUT2D eigenvalue weighted by molar-refractivity contribution is 5.81. The highest BCUT2D eigenvalue weighted by Crippen LogP contribution is 2.30. The Kier molecular flexibility index (Phi) is 4.06. The molecule has 0 amide bonds. The van der Waals surface area contributed by atoms with Crippen molar-refractivity contribution in [2.45, 2.75) is 25.2 Å². The highest BCUT2D eigenvalue weighted by Gasteiger charge is 2.26. The Bertz CT molecular complexity index is 636. The third kappa shape index (κ3) is 3.00. The number of likely N-dealkylation sites (tertiary alicyclic amines) is 1. The Morgan fingerprint density at radius 1 is 1.48 bits per heavy atom. The molecule has 1 unspecified atom stereocenters. The number of aromatic amines is 1. The smallest absolute Gasteiger partial charge is 0.139 e. The van der Waals surface area contributed by atoms with Crippen molar-refractivity contribution in [1.29, 1.82) is 0 Å². The lowest BCUT2D eigenvalue weighted by Crippen LogP contribution is -2.23. The summed E-state index contributed by atoms with van der Waals surface area (Å²) in [4.78, 5) is 2.43. The lowest BCUT2D eigenvalue weighted by Gasteiger charge is -2.15. The molecule has 1 fully saturated rings. The first-order chi connectivity index (χ1) is 10.3. The fourth-order valence-corrected chi connectivity index (χ4v) is 3.09. The summed E-state index contributed by atoms with van der Waals surface area (Å²) in [6, 6.07) is 8.29. The second-order valence-electron chi connectivity index (χ2n) is 5.64. The van der Waals surface area contributed by atoms with E-state index in [-0.39, 0.29) is 0 Å². The summed E-state index contributed by atoms with van der Waals surface area (Å²) in [7, 11) is 0. The van der Waals surface area contributed by atoms with Crippen LogP contribution in [0.3, 0.4) is 0 Å². The van der Waals surface area contributed by atoms with Crippen LogP contribution in [0.2, 0.25) is 0 Å². The zero-order valence-corrected chi connectivity index (χ0v) is 12.0. The maximum absolute atomic E-state index is 8.53. The number of rotatable bonds is 5. The van der Waals surface area contributed by atoms with E-state index in [9.17, 15) is 0 Å². The minimum Gasteiger partial charge on any atom is -0.409 e. The van der Waals surface area contributed by atoms with Gasteiger partial charge in [0.2, 0.25) is 0 Å². The number of nitrogens with one attached hydrogen (secondary N) is 1. The van der Waals surface area contributed by atoms with Gasteiger partial charge in [0, 0.05) is 24.3 Å². The lowest BCUT2D eigenvalue weighted by atomic mass is 10.0. The number of H-pyrrole nitrogens is 1. The molecule has 0 radical (unpaired) electrons. The molecule has 4 N–H and O–H groups in total. The number of nitrogens with two attached hydrogens (primary N) is 1. The summed E-state index contributed by atoms with van der Waals surface area (Å²) in [5.74, 6) is 0.800. The van der Waals surface area contributed by atoms with Gasteiger partial charge in [-0.05, 0) is 32.0 Å². The highest BCUT2D eigenvalue weighted by atomic mass is 16.4. The first kappa shape index (κ1) is 13.9. The summed E-state index contributed by atoms with van der Waals surface area (Å²) >= 11 is 0. The standard InChI is InChI=1S/C15H21N5O/c16-14(19-21)6-3-8-20-9-7-11(10-20)15-12-4-1-2-5-13(12)17-18-15/h1-2,4-5,11,21H,3,6-10H2,(H2,16,19)(H,17,18). The average Bonchev–Trinajstić information content (AvgIpc) is 3.13. The van der Waals surface area contributed by atoms with Crippen LogP contribution in [0.25, 0.3) is 10.9 Å². The molecule has 1 saturated heterocycles. The second kappa shape index (κ2) is 6.13. The molecule has 3 rings (SSSR count). The Morgan fingerprint density at radius 3 is 3.19 bits per heavy atom. The van der Waals surface area contributed by atoms with Gasteiger partial charge in [0.15, 0.2) is 0 Å². The molecule has 2 aromatic rings. The van der Waals surface area contributed by atoms with E-state index in [0.717, 1.165) is 38.0 Å². The van der Waals surface area contributed by atoms with Crippen molar-refractivity contribution in [3.05, 3.63) is 30.0 Å². The van der Waals surface area contributed by atoms with Crippen molar-refractivity contribution in [3.8, 4) is 0 Å². The van der Waals surface area contributed by atoms with Gasteiger partial charge in [-0.2, -0.15) is 5.10 Å². The number of aromatic nitrogens is 2. The maximum atomic E-state index is 8.53. The predicted octanol–water partition coefficient (Wildman–Crippen LogP) is 1.88. The van der Waals surface area contributed by atoms with Gasteiger partial charge in [-0.15, -0.1) is 0 Å². The Hall–Kier alpha value is -2.08. The Balaban J connectivity index is 1.59. The minimum absolute atomic E-state index is 0.309. The number of benzene rings is 1.